The Morgan fingerprint density at radius 1 is 1.23 bits per heavy atom. The van der Waals surface area contributed by atoms with Crippen LogP contribution >= 0.6 is 24.8 Å². The van der Waals surface area contributed by atoms with Crippen LogP contribution in [0.2, 0.25) is 0 Å². The molecule has 1 fully saturated rings. The number of hydrogen-bond acceptors (Lipinski definition) is 4. The molecule has 2 heterocycles. The smallest absolute Gasteiger partial charge is 0.143 e. The predicted molar refractivity (Wildman–Crippen MR) is 110 cm³/mol. The van der Waals surface area contributed by atoms with Gasteiger partial charge in [-0.05, 0) is 44.9 Å². The topological polar surface area (TPSA) is 48.3 Å². The third-order valence-corrected chi connectivity index (χ3v) is 5.04. The van der Waals surface area contributed by atoms with Crippen molar-refractivity contribution < 1.29 is 9.47 Å². The molecule has 0 aliphatic carbocycles. The molecule has 0 radical (unpaired) electrons. The van der Waals surface area contributed by atoms with Gasteiger partial charge in [0.05, 0.1) is 19.8 Å². The zero-order chi connectivity index (χ0) is 17.1. The molecule has 7 heteroatoms. The van der Waals surface area contributed by atoms with Crippen LogP contribution < -0.4 is 14.8 Å². The van der Waals surface area contributed by atoms with E-state index in [2.05, 4.69) is 28.0 Å². The summed E-state index contributed by atoms with van der Waals surface area (Å²) in [5.74, 6) is 2.64. The lowest BCUT2D eigenvalue weighted by Gasteiger charge is -2.31. The van der Waals surface area contributed by atoms with E-state index in [4.69, 9.17) is 9.47 Å². The molecule has 2 atom stereocenters. The van der Waals surface area contributed by atoms with Gasteiger partial charge in [-0.3, -0.25) is 0 Å². The minimum Gasteiger partial charge on any atom is -0.496 e. The summed E-state index contributed by atoms with van der Waals surface area (Å²) >= 11 is 0. The Kier molecular flexibility index (Phi) is 8.74. The molecule has 1 aromatic carbocycles. The van der Waals surface area contributed by atoms with Crippen molar-refractivity contribution >= 4 is 24.8 Å². The fourth-order valence-corrected chi connectivity index (χ4v) is 3.70. The Bertz CT molecular complexity index is 706. The molecule has 1 N–H and O–H groups in total. The molecule has 1 saturated heterocycles. The summed E-state index contributed by atoms with van der Waals surface area (Å²) in [6, 6.07) is 5.09. The largest absolute Gasteiger partial charge is 0.496 e. The van der Waals surface area contributed by atoms with E-state index in [-0.39, 0.29) is 24.8 Å². The number of halogens is 2. The SMILES string of the molecule is CC[C@@H]1C[C@H](n2ccnc2-c2ccc(OC)c(C)c2OC)CCN1.Cl.Cl. The lowest BCUT2D eigenvalue weighted by molar-refractivity contribution is 0.297. The normalized spacial score (nSPS) is 19.2. The first-order chi connectivity index (χ1) is 11.7. The molecule has 5 nitrogen and oxygen atoms in total. The van der Waals surface area contributed by atoms with Gasteiger partial charge >= 0.3 is 0 Å². The zero-order valence-electron chi connectivity index (χ0n) is 15.8. The highest BCUT2D eigenvalue weighted by atomic mass is 35.5. The van der Waals surface area contributed by atoms with Gasteiger partial charge in [0.25, 0.3) is 0 Å². The highest BCUT2D eigenvalue weighted by Crippen LogP contribution is 2.38. The van der Waals surface area contributed by atoms with Crippen LogP contribution in [0.4, 0.5) is 0 Å². The summed E-state index contributed by atoms with van der Waals surface area (Å²) < 4.78 is 13.4. The first-order valence-corrected chi connectivity index (χ1v) is 8.67. The Balaban J connectivity index is 0.00000169. The third kappa shape index (κ3) is 4.27. The van der Waals surface area contributed by atoms with Crippen LogP contribution in [0.3, 0.4) is 0 Å². The van der Waals surface area contributed by atoms with Gasteiger partial charge in [0, 0.05) is 30.0 Å². The Hall–Kier alpha value is -1.43. The standard InChI is InChI=1S/C19H27N3O2.2ClH/c1-5-14-12-15(8-9-20-14)22-11-10-21-19(22)16-6-7-17(23-3)13(2)18(16)24-4;;/h6-7,10-11,14-15,20H,5,8-9,12H2,1-4H3;2*1H/t14-,15-;;/m1../s1. The molecule has 3 rings (SSSR count). The second-order valence-electron chi connectivity index (χ2n) is 6.37. The van der Waals surface area contributed by atoms with Gasteiger partial charge < -0.3 is 19.4 Å². The van der Waals surface area contributed by atoms with Crippen LogP contribution in [0.15, 0.2) is 24.5 Å². The average Bonchev–Trinajstić information content (AvgIpc) is 3.11. The number of ether oxygens (including phenoxy) is 2. The average molecular weight is 402 g/mol. The fraction of sp³-hybridized carbons (Fsp3) is 0.526. The number of imidazole rings is 1. The van der Waals surface area contributed by atoms with E-state index in [1.807, 2.05) is 25.3 Å². The second kappa shape index (κ2) is 10.0. The lowest BCUT2D eigenvalue weighted by atomic mass is 9.97. The van der Waals surface area contributed by atoms with Crippen molar-refractivity contribution in [3.05, 3.63) is 30.1 Å². The van der Waals surface area contributed by atoms with Gasteiger partial charge in [0.2, 0.25) is 0 Å². The summed E-state index contributed by atoms with van der Waals surface area (Å²) in [6.45, 7) is 5.32. The number of nitrogens with one attached hydrogen (secondary N) is 1. The van der Waals surface area contributed by atoms with E-state index in [1.165, 1.54) is 0 Å². The number of benzene rings is 1. The quantitative estimate of drug-likeness (QED) is 0.804. The minimum absolute atomic E-state index is 0. The molecule has 0 spiro atoms. The lowest BCUT2D eigenvalue weighted by Crippen LogP contribution is -2.38. The van der Waals surface area contributed by atoms with E-state index in [0.29, 0.717) is 12.1 Å². The van der Waals surface area contributed by atoms with Crippen LogP contribution in [0.25, 0.3) is 11.4 Å². The van der Waals surface area contributed by atoms with E-state index in [1.54, 1.807) is 14.2 Å². The van der Waals surface area contributed by atoms with Gasteiger partial charge in [-0.1, -0.05) is 6.92 Å². The minimum atomic E-state index is 0. The number of piperidine rings is 1. The Morgan fingerprint density at radius 3 is 2.65 bits per heavy atom. The van der Waals surface area contributed by atoms with Crippen molar-refractivity contribution in [1.29, 1.82) is 0 Å². The van der Waals surface area contributed by atoms with E-state index in [9.17, 15) is 0 Å². The van der Waals surface area contributed by atoms with E-state index < -0.39 is 0 Å². The monoisotopic (exact) mass is 401 g/mol. The molecular formula is C19H29Cl2N3O2. The molecule has 0 bridgehead atoms. The van der Waals surface area contributed by atoms with Crippen molar-refractivity contribution in [1.82, 2.24) is 14.9 Å². The highest BCUT2D eigenvalue weighted by molar-refractivity contribution is 5.85. The zero-order valence-corrected chi connectivity index (χ0v) is 17.5. The first-order valence-electron chi connectivity index (χ1n) is 8.67. The van der Waals surface area contributed by atoms with Gasteiger partial charge in [-0.2, -0.15) is 0 Å². The van der Waals surface area contributed by atoms with Crippen molar-refractivity contribution in [3.63, 3.8) is 0 Å². The Labute approximate surface area is 168 Å². The number of aromatic nitrogens is 2. The molecule has 26 heavy (non-hydrogen) atoms. The predicted octanol–water partition coefficient (Wildman–Crippen LogP) is 4.42. The molecule has 2 aromatic rings. The van der Waals surface area contributed by atoms with Crippen molar-refractivity contribution in [2.24, 2.45) is 0 Å². The number of methoxy groups -OCH3 is 2. The second-order valence-corrected chi connectivity index (χ2v) is 6.37. The van der Waals surface area contributed by atoms with Gasteiger partial charge in [-0.15, -0.1) is 24.8 Å². The summed E-state index contributed by atoms with van der Waals surface area (Å²) in [5, 5.41) is 3.59. The summed E-state index contributed by atoms with van der Waals surface area (Å²) in [7, 11) is 3.39. The van der Waals surface area contributed by atoms with Crippen LogP contribution in [0, 0.1) is 6.92 Å². The maximum Gasteiger partial charge on any atom is 0.143 e. The first kappa shape index (κ1) is 22.6. The maximum absolute atomic E-state index is 5.68. The van der Waals surface area contributed by atoms with E-state index >= 15 is 0 Å². The van der Waals surface area contributed by atoms with Gasteiger partial charge in [-0.25, -0.2) is 4.98 Å². The van der Waals surface area contributed by atoms with E-state index in [0.717, 1.165) is 54.3 Å². The summed E-state index contributed by atoms with van der Waals surface area (Å²) in [5.41, 5.74) is 2.02. The van der Waals surface area contributed by atoms with Crippen LogP contribution in [0.5, 0.6) is 11.5 Å². The summed E-state index contributed by atoms with van der Waals surface area (Å²) in [4.78, 5) is 4.64. The molecule has 0 saturated carbocycles. The molecule has 0 amide bonds. The van der Waals surface area contributed by atoms with Gasteiger partial charge in [0.1, 0.15) is 17.3 Å². The number of hydrogen-bond donors (Lipinski definition) is 1. The number of rotatable bonds is 5. The summed E-state index contributed by atoms with van der Waals surface area (Å²) in [6.07, 6.45) is 7.40. The molecule has 146 valence electrons. The maximum atomic E-state index is 5.68. The molecule has 1 aliphatic heterocycles. The van der Waals surface area contributed by atoms with Crippen LogP contribution in [0.1, 0.15) is 37.8 Å². The highest BCUT2D eigenvalue weighted by Gasteiger charge is 2.25. The van der Waals surface area contributed by atoms with Crippen molar-refractivity contribution in [3.8, 4) is 22.9 Å². The number of nitrogens with zero attached hydrogens (tertiary/aromatic N) is 2. The molecular weight excluding hydrogens is 373 g/mol. The fourth-order valence-electron chi connectivity index (χ4n) is 3.70. The molecule has 1 aliphatic rings. The van der Waals surface area contributed by atoms with Crippen LogP contribution in [-0.4, -0.2) is 36.4 Å². The Morgan fingerprint density at radius 2 is 2.00 bits per heavy atom. The molecule has 1 aromatic heterocycles. The van der Waals surface area contributed by atoms with Gasteiger partial charge in [0.15, 0.2) is 0 Å². The third-order valence-electron chi connectivity index (χ3n) is 5.04. The van der Waals surface area contributed by atoms with Crippen LogP contribution in [-0.2, 0) is 0 Å². The molecule has 0 unspecified atom stereocenters. The van der Waals surface area contributed by atoms with Crippen molar-refractivity contribution in [2.75, 3.05) is 20.8 Å². The van der Waals surface area contributed by atoms with Crippen molar-refractivity contribution in [2.45, 2.75) is 45.2 Å².